The number of nitrogens with zero attached hydrogens (tertiary/aromatic N) is 3. The van der Waals surface area contributed by atoms with Crippen LogP contribution < -0.4 is 0 Å². The van der Waals surface area contributed by atoms with Crippen molar-refractivity contribution in [2.24, 2.45) is 13.0 Å². The maximum absolute atomic E-state index is 13.2. The topological polar surface area (TPSA) is 81.9 Å². The molecule has 0 radical (unpaired) electrons. The van der Waals surface area contributed by atoms with E-state index in [2.05, 4.69) is 10.2 Å². The molecule has 3 rings (SSSR count). The van der Waals surface area contributed by atoms with Crippen molar-refractivity contribution in [1.29, 1.82) is 0 Å². The van der Waals surface area contributed by atoms with Gasteiger partial charge in [-0.25, -0.2) is 12.8 Å². The largest absolute Gasteiger partial charge is 0.309 e. The molecule has 1 aromatic carbocycles. The summed E-state index contributed by atoms with van der Waals surface area (Å²) in [6, 6.07) is 5.59. The molecule has 1 aliphatic heterocycles. The monoisotopic (exact) mass is 383 g/mol. The Morgan fingerprint density at radius 1 is 1.40 bits per heavy atom. The predicted molar refractivity (Wildman–Crippen MR) is 92.9 cm³/mol. The van der Waals surface area contributed by atoms with E-state index < -0.39 is 15.7 Å². The van der Waals surface area contributed by atoms with Gasteiger partial charge in [0.15, 0.2) is 20.8 Å². The summed E-state index contributed by atoms with van der Waals surface area (Å²) in [7, 11) is -1.12. The smallest absolute Gasteiger partial charge is 0.191 e. The SMILES string of the molecule is Cn1c(C[C@H]2CCS(=O)(=O)C2)nnc1SCC(=O)c1cccc(F)c1. The standard InChI is InChI=1S/C16H18FN3O3S2/c1-20-15(7-11-5-6-25(22,23)10-11)18-19-16(20)24-9-14(21)12-3-2-4-13(17)8-12/h2-4,8,11H,5-7,9-10H2,1H3/t11-/m1/s1. The van der Waals surface area contributed by atoms with Crippen molar-refractivity contribution in [3.63, 3.8) is 0 Å². The van der Waals surface area contributed by atoms with Crippen molar-refractivity contribution < 1.29 is 17.6 Å². The molecule has 134 valence electrons. The van der Waals surface area contributed by atoms with Crippen LogP contribution in [0.3, 0.4) is 0 Å². The van der Waals surface area contributed by atoms with Crippen molar-refractivity contribution in [2.45, 2.75) is 18.0 Å². The van der Waals surface area contributed by atoms with Crippen LogP contribution in [0.15, 0.2) is 29.4 Å². The molecular formula is C16H18FN3O3S2. The summed E-state index contributed by atoms with van der Waals surface area (Å²) in [5.74, 6) is 0.717. The van der Waals surface area contributed by atoms with Crippen LogP contribution in [-0.4, -0.2) is 46.2 Å². The number of hydrogen-bond acceptors (Lipinski definition) is 6. The van der Waals surface area contributed by atoms with E-state index in [-0.39, 0.29) is 29.0 Å². The molecule has 2 heterocycles. The summed E-state index contributed by atoms with van der Waals surface area (Å²) >= 11 is 1.23. The van der Waals surface area contributed by atoms with E-state index in [1.165, 1.54) is 30.0 Å². The van der Waals surface area contributed by atoms with Crippen LogP contribution in [0.25, 0.3) is 0 Å². The van der Waals surface area contributed by atoms with Gasteiger partial charge in [-0.3, -0.25) is 4.79 Å². The van der Waals surface area contributed by atoms with Gasteiger partial charge in [0, 0.05) is 19.0 Å². The zero-order valence-corrected chi connectivity index (χ0v) is 15.3. The second-order valence-corrected chi connectivity index (χ2v) is 9.32. The third-order valence-electron chi connectivity index (χ3n) is 4.20. The molecule has 25 heavy (non-hydrogen) atoms. The first-order chi connectivity index (χ1) is 11.8. The average molecular weight is 383 g/mol. The Balaban J connectivity index is 1.61. The fourth-order valence-corrected chi connectivity index (χ4v) is 5.50. The lowest BCUT2D eigenvalue weighted by Crippen LogP contribution is -2.11. The molecule has 0 bridgehead atoms. The highest BCUT2D eigenvalue weighted by atomic mass is 32.2. The van der Waals surface area contributed by atoms with Gasteiger partial charge in [0.1, 0.15) is 11.6 Å². The summed E-state index contributed by atoms with van der Waals surface area (Å²) in [4.78, 5) is 12.1. The highest BCUT2D eigenvalue weighted by molar-refractivity contribution is 7.99. The first-order valence-corrected chi connectivity index (χ1v) is 10.6. The van der Waals surface area contributed by atoms with Crippen molar-refractivity contribution in [3.05, 3.63) is 41.5 Å². The lowest BCUT2D eigenvalue weighted by atomic mass is 10.1. The Kier molecular flexibility index (Phi) is 5.24. The molecular weight excluding hydrogens is 365 g/mol. The average Bonchev–Trinajstić information content (AvgIpc) is 3.08. The van der Waals surface area contributed by atoms with E-state index in [1.807, 2.05) is 0 Å². The molecule has 0 unspecified atom stereocenters. The van der Waals surface area contributed by atoms with Crippen molar-refractivity contribution in [3.8, 4) is 0 Å². The van der Waals surface area contributed by atoms with Crippen LogP contribution in [0.2, 0.25) is 0 Å². The van der Waals surface area contributed by atoms with E-state index in [9.17, 15) is 17.6 Å². The number of carbonyl (C=O) groups excluding carboxylic acids is 1. The molecule has 0 aliphatic carbocycles. The van der Waals surface area contributed by atoms with Crippen molar-refractivity contribution in [1.82, 2.24) is 14.8 Å². The third kappa shape index (κ3) is 4.46. The second kappa shape index (κ2) is 7.25. The normalized spacial score (nSPS) is 19.2. The molecule has 0 amide bonds. The van der Waals surface area contributed by atoms with Crippen molar-refractivity contribution >= 4 is 27.4 Å². The Morgan fingerprint density at radius 2 is 2.20 bits per heavy atom. The number of thioether (sulfide) groups is 1. The van der Waals surface area contributed by atoms with Gasteiger partial charge in [-0.05, 0) is 24.5 Å². The molecule has 1 atom stereocenters. The van der Waals surface area contributed by atoms with Gasteiger partial charge >= 0.3 is 0 Å². The highest BCUT2D eigenvalue weighted by Gasteiger charge is 2.29. The zero-order chi connectivity index (χ0) is 18.0. The van der Waals surface area contributed by atoms with Crippen LogP contribution in [0.5, 0.6) is 0 Å². The lowest BCUT2D eigenvalue weighted by Gasteiger charge is -2.07. The predicted octanol–water partition coefficient (Wildman–Crippen LogP) is 1.91. The minimum Gasteiger partial charge on any atom is -0.309 e. The van der Waals surface area contributed by atoms with Crippen LogP contribution >= 0.6 is 11.8 Å². The van der Waals surface area contributed by atoms with E-state index in [1.54, 1.807) is 17.7 Å². The second-order valence-electron chi connectivity index (χ2n) is 6.15. The molecule has 1 aliphatic rings. The van der Waals surface area contributed by atoms with Gasteiger partial charge in [-0.15, -0.1) is 10.2 Å². The van der Waals surface area contributed by atoms with Crippen LogP contribution in [0, 0.1) is 11.7 Å². The Bertz CT molecular complexity index is 896. The number of ketones is 1. The number of benzene rings is 1. The van der Waals surface area contributed by atoms with Gasteiger partial charge in [-0.1, -0.05) is 23.9 Å². The van der Waals surface area contributed by atoms with E-state index in [4.69, 9.17) is 0 Å². The maximum Gasteiger partial charge on any atom is 0.191 e. The van der Waals surface area contributed by atoms with Gasteiger partial charge in [-0.2, -0.15) is 0 Å². The molecule has 0 saturated carbocycles. The van der Waals surface area contributed by atoms with Gasteiger partial charge < -0.3 is 4.57 Å². The van der Waals surface area contributed by atoms with E-state index in [0.29, 0.717) is 29.4 Å². The minimum absolute atomic E-state index is 0.0691. The molecule has 1 fully saturated rings. The Morgan fingerprint density at radius 3 is 2.88 bits per heavy atom. The third-order valence-corrected chi connectivity index (χ3v) is 7.06. The van der Waals surface area contributed by atoms with Crippen molar-refractivity contribution in [2.75, 3.05) is 17.3 Å². The van der Waals surface area contributed by atoms with Gasteiger partial charge in [0.2, 0.25) is 0 Å². The number of aromatic nitrogens is 3. The summed E-state index contributed by atoms with van der Waals surface area (Å²) < 4.78 is 38.1. The number of sulfone groups is 1. The maximum atomic E-state index is 13.2. The van der Waals surface area contributed by atoms with Gasteiger partial charge in [0.05, 0.1) is 17.3 Å². The van der Waals surface area contributed by atoms with Gasteiger partial charge in [0.25, 0.3) is 0 Å². The number of halogens is 1. The molecule has 0 spiro atoms. The molecule has 0 N–H and O–H groups in total. The fraction of sp³-hybridized carbons (Fsp3) is 0.438. The first kappa shape index (κ1) is 18.1. The number of Topliss-reactive ketones (excluding diaryl/α,β-unsaturated/α-hetero) is 1. The molecule has 1 aromatic heterocycles. The molecule has 6 nitrogen and oxygen atoms in total. The molecule has 1 saturated heterocycles. The highest BCUT2D eigenvalue weighted by Crippen LogP contribution is 2.24. The zero-order valence-electron chi connectivity index (χ0n) is 13.7. The number of carbonyl (C=O) groups is 1. The lowest BCUT2D eigenvalue weighted by molar-refractivity contribution is 0.102. The summed E-state index contributed by atoms with van der Waals surface area (Å²) in [5.41, 5.74) is 0.325. The summed E-state index contributed by atoms with van der Waals surface area (Å²) in [5, 5.41) is 8.78. The fourth-order valence-electron chi connectivity index (χ4n) is 2.82. The van der Waals surface area contributed by atoms with Crippen LogP contribution in [-0.2, 0) is 23.3 Å². The van der Waals surface area contributed by atoms with Crippen LogP contribution in [0.1, 0.15) is 22.6 Å². The van der Waals surface area contributed by atoms with Crippen LogP contribution in [0.4, 0.5) is 4.39 Å². The minimum atomic E-state index is -2.92. The number of hydrogen-bond donors (Lipinski definition) is 0. The molecule has 2 aromatic rings. The summed E-state index contributed by atoms with van der Waals surface area (Å²) in [6.45, 7) is 0. The first-order valence-electron chi connectivity index (χ1n) is 7.84. The molecule has 9 heteroatoms. The summed E-state index contributed by atoms with van der Waals surface area (Å²) in [6.07, 6.45) is 1.21. The Labute approximate surface area is 149 Å². The van der Waals surface area contributed by atoms with E-state index in [0.717, 1.165) is 0 Å². The quantitative estimate of drug-likeness (QED) is 0.560. The Hall–Kier alpha value is -1.74. The van der Waals surface area contributed by atoms with E-state index >= 15 is 0 Å². The number of rotatable bonds is 6.